The van der Waals surface area contributed by atoms with Crippen molar-refractivity contribution in [1.82, 2.24) is 10.2 Å². The van der Waals surface area contributed by atoms with Crippen molar-refractivity contribution >= 4 is 6.09 Å². The first-order valence-corrected chi connectivity index (χ1v) is 5.01. The van der Waals surface area contributed by atoms with Gasteiger partial charge in [0.15, 0.2) is 0 Å². The summed E-state index contributed by atoms with van der Waals surface area (Å²) in [5.41, 5.74) is 1.03. The Morgan fingerprint density at radius 1 is 1.57 bits per heavy atom. The average molecular weight is 196 g/mol. The highest BCUT2D eigenvalue weighted by Crippen LogP contribution is 2.31. The molecule has 2 N–H and O–H groups in total. The van der Waals surface area contributed by atoms with Gasteiger partial charge >= 0.3 is 6.09 Å². The van der Waals surface area contributed by atoms with Gasteiger partial charge in [-0.25, -0.2) is 4.79 Å². The zero-order valence-corrected chi connectivity index (χ0v) is 8.36. The summed E-state index contributed by atoms with van der Waals surface area (Å²) in [6, 6.07) is 0.418. The molecular formula is C10H16N2O2. The van der Waals surface area contributed by atoms with Gasteiger partial charge in [0.25, 0.3) is 0 Å². The number of amides is 1. The minimum absolute atomic E-state index is 0.101. The van der Waals surface area contributed by atoms with Gasteiger partial charge in [-0.15, -0.1) is 0 Å². The lowest BCUT2D eigenvalue weighted by Crippen LogP contribution is -2.59. The van der Waals surface area contributed by atoms with Crippen LogP contribution in [0.2, 0.25) is 0 Å². The predicted molar refractivity (Wildman–Crippen MR) is 53.3 cm³/mol. The highest BCUT2D eigenvalue weighted by Gasteiger charge is 2.44. The number of fused-ring (bicyclic) bond motifs is 2. The highest BCUT2D eigenvalue weighted by atomic mass is 16.4. The Labute approximate surface area is 83.6 Å². The van der Waals surface area contributed by atoms with E-state index < -0.39 is 6.09 Å². The van der Waals surface area contributed by atoms with Crippen LogP contribution in [-0.2, 0) is 0 Å². The van der Waals surface area contributed by atoms with Crippen molar-refractivity contribution in [2.24, 2.45) is 0 Å². The predicted octanol–water partition coefficient (Wildman–Crippen LogP) is 1.05. The standard InChI is InChI=1S/C10H16N2O2/c1-6(2)9-8-4-3-7(5-11-9)12(8)10(13)14/h7-9,11H,1,3-5H2,2H3,(H,13,14)/t7-,8+,9+/m1/s1. The van der Waals surface area contributed by atoms with E-state index >= 15 is 0 Å². The molecule has 2 heterocycles. The van der Waals surface area contributed by atoms with Crippen molar-refractivity contribution < 1.29 is 9.90 Å². The van der Waals surface area contributed by atoms with Gasteiger partial charge in [0, 0.05) is 18.6 Å². The molecule has 4 heteroatoms. The molecule has 14 heavy (non-hydrogen) atoms. The first kappa shape index (κ1) is 9.52. The molecule has 78 valence electrons. The normalized spacial score (nSPS) is 35.8. The lowest BCUT2D eigenvalue weighted by molar-refractivity contribution is 0.0973. The van der Waals surface area contributed by atoms with Crippen molar-refractivity contribution in [3.05, 3.63) is 12.2 Å². The Hall–Kier alpha value is -1.03. The van der Waals surface area contributed by atoms with E-state index in [1.54, 1.807) is 4.90 Å². The molecule has 0 aromatic heterocycles. The molecule has 4 nitrogen and oxygen atoms in total. The number of hydrogen-bond acceptors (Lipinski definition) is 2. The quantitative estimate of drug-likeness (QED) is 0.616. The number of hydrogen-bond donors (Lipinski definition) is 2. The van der Waals surface area contributed by atoms with Crippen molar-refractivity contribution in [2.75, 3.05) is 6.54 Å². The second-order valence-electron chi connectivity index (χ2n) is 4.22. The van der Waals surface area contributed by atoms with Crippen LogP contribution >= 0.6 is 0 Å². The van der Waals surface area contributed by atoms with Crippen LogP contribution in [0.25, 0.3) is 0 Å². The lowest BCUT2D eigenvalue weighted by atomic mass is 9.99. The van der Waals surface area contributed by atoms with E-state index in [0.717, 1.165) is 25.0 Å². The number of carboxylic acid groups (broad SMARTS) is 1. The third-order valence-electron chi connectivity index (χ3n) is 3.26. The summed E-state index contributed by atoms with van der Waals surface area (Å²) in [7, 11) is 0. The third kappa shape index (κ3) is 1.30. The first-order chi connectivity index (χ1) is 6.61. The molecule has 0 aromatic rings. The Balaban J connectivity index is 2.21. The molecule has 0 unspecified atom stereocenters. The maximum Gasteiger partial charge on any atom is 0.407 e. The molecule has 2 aliphatic heterocycles. The summed E-state index contributed by atoms with van der Waals surface area (Å²) in [6.07, 6.45) is 1.15. The number of rotatable bonds is 1. The van der Waals surface area contributed by atoms with Crippen LogP contribution < -0.4 is 5.32 Å². The lowest BCUT2D eigenvalue weighted by Gasteiger charge is -2.39. The van der Waals surface area contributed by atoms with Crippen molar-refractivity contribution in [2.45, 2.75) is 37.9 Å². The summed E-state index contributed by atoms with van der Waals surface area (Å²) in [5.74, 6) is 0. The maximum absolute atomic E-state index is 11.1. The summed E-state index contributed by atoms with van der Waals surface area (Å²) in [6.45, 7) is 6.63. The van der Waals surface area contributed by atoms with Crippen molar-refractivity contribution in [1.29, 1.82) is 0 Å². The molecule has 3 atom stereocenters. The summed E-state index contributed by atoms with van der Waals surface area (Å²) < 4.78 is 0. The van der Waals surface area contributed by atoms with E-state index in [1.807, 2.05) is 6.92 Å². The van der Waals surface area contributed by atoms with Gasteiger partial charge in [-0.3, -0.25) is 4.90 Å². The van der Waals surface area contributed by atoms with Crippen molar-refractivity contribution in [3.8, 4) is 0 Å². The van der Waals surface area contributed by atoms with E-state index in [-0.39, 0.29) is 18.1 Å². The second-order valence-corrected chi connectivity index (χ2v) is 4.22. The van der Waals surface area contributed by atoms with Crippen LogP contribution in [0.15, 0.2) is 12.2 Å². The fraction of sp³-hybridized carbons (Fsp3) is 0.700. The molecule has 2 fully saturated rings. The number of piperazine rings is 1. The maximum atomic E-state index is 11.1. The number of nitrogens with zero attached hydrogens (tertiary/aromatic N) is 1. The van der Waals surface area contributed by atoms with Crippen molar-refractivity contribution in [3.63, 3.8) is 0 Å². The molecule has 0 aromatic carbocycles. The Morgan fingerprint density at radius 2 is 2.29 bits per heavy atom. The SMILES string of the molecule is C=C(C)[C@@H]1NC[C@H]2CC[C@@H]1N2C(=O)O. The fourth-order valence-corrected chi connectivity index (χ4v) is 2.64. The first-order valence-electron chi connectivity index (χ1n) is 5.01. The van der Waals surface area contributed by atoms with Gasteiger partial charge < -0.3 is 10.4 Å². The smallest absolute Gasteiger partial charge is 0.407 e. The van der Waals surface area contributed by atoms with E-state index in [2.05, 4.69) is 11.9 Å². The summed E-state index contributed by atoms with van der Waals surface area (Å²) >= 11 is 0. The molecule has 2 saturated heterocycles. The molecule has 0 saturated carbocycles. The molecule has 0 spiro atoms. The number of nitrogens with one attached hydrogen (secondary N) is 1. The summed E-state index contributed by atoms with van der Waals surface area (Å²) in [4.78, 5) is 12.7. The van der Waals surface area contributed by atoms with E-state index in [0.29, 0.717) is 0 Å². The largest absolute Gasteiger partial charge is 0.465 e. The molecule has 0 aliphatic carbocycles. The van der Waals surface area contributed by atoms with Gasteiger partial charge in [0.05, 0.1) is 6.04 Å². The average Bonchev–Trinajstić information content (AvgIpc) is 2.40. The fourth-order valence-electron chi connectivity index (χ4n) is 2.64. The van der Waals surface area contributed by atoms with Crippen LogP contribution in [0.4, 0.5) is 4.79 Å². The Kier molecular flexibility index (Phi) is 2.23. The second kappa shape index (κ2) is 3.28. The Morgan fingerprint density at radius 3 is 2.86 bits per heavy atom. The van der Waals surface area contributed by atoms with Crippen LogP contribution in [0.1, 0.15) is 19.8 Å². The van der Waals surface area contributed by atoms with E-state index in [9.17, 15) is 4.79 Å². The van der Waals surface area contributed by atoms with Gasteiger partial charge in [0.2, 0.25) is 0 Å². The van der Waals surface area contributed by atoms with Crippen LogP contribution in [0.5, 0.6) is 0 Å². The minimum atomic E-state index is -0.787. The molecular weight excluding hydrogens is 180 g/mol. The number of carbonyl (C=O) groups is 1. The van der Waals surface area contributed by atoms with Crippen LogP contribution in [0.3, 0.4) is 0 Å². The van der Waals surface area contributed by atoms with E-state index in [4.69, 9.17) is 5.11 Å². The van der Waals surface area contributed by atoms with Gasteiger partial charge in [-0.1, -0.05) is 12.2 Å². The zero-order chi connectivity index (χ0) is 10.3. The third-order valence-corrected chi connectivity index (χ3v) is 3.26. The molecule has 2 rings (SSSR count). The molecule has 0 radical (unpaired) electrons. The summed E-state index contributed by atoms with van der Waals surface area (Å²) in [5, 5.41) is 12.4. The topological polar surface area (TPSA) is 52.6 Å². The highest BCUT2D eigenvalue weighted by molar-refractivity contribution is 5.67. The van der Waals surface area contributed by atoms with Gasteiger partial charge in [-0.2, -0.15) is 0 Å². The molecule has 2 aliphatic rings. The Bertz CT molecular complexity index is 277. The zero-order valence-electron chi connectivity index (χ0n) is 8.36. The van der Waals surface area contributed by atoms with Crippen LogP contribution in [-0.4, -0.2) is 40.8 Å². The minimum Gasteiger partial charge on any atom is -0.465 e. The van der Waals surface area contributed by atoms with Gasteiger partial charge in [0.1, 0.15) is 0 Å². The monoisotopic (exact) mass is 196 g/mol. The van der Waals surface area contributed by atoms with Crippen LogP contribution in [0, 0.1) is 0 Å². The molecule has 2 bridgehead atoms. The molecule has 1 amide bonds. The van der Waals surface area contributed by atoms with E-state index in [1.165, 1.54) is 0 Å². The van der Waals surface area contributed by atoms with Gasteiger partial charge in [-0.05, 0) is 19.8 Å².